The van der Waals surface area contributed by atoms with E-state index in [9.17, 15) is 22.0 Å². The number of nitrogens with zero attached hydrogens (tertiary/aromatic N) is 3. The normalized spacial score (nSPS) is 11.8. The van der Waals surface area contributed by atoms with E-state index in [2.05, 4.69) is 20.3 Å². The molecular formula is C14H12ClF5N4. The molecule has 2 heterocycles. The first-order valence-corrected chi connectivity index (χ1v) is 7.15. The van der Waals surface area contributed by atoms with Crippen molar-refractivity contribution in [1.29, 1.82) is 0 Å². The molecule has 0 amide bonds. The Bertz CT molecular complexity index is 721. The van der Waals surface area contributed by atoms with Crippen LogP contribution >= 0.6 is 11.6 Å². The molecule has 0 spiro atoms. The molecule has 2 aromatic rings. The SMILES string of the molecule is Cc1nc(NCCc2cccc(C(F)(F)F)n2)c(Cl)c(C(F)F)n1. The van der Waals surface area contributed by atoms with Crippen molar-refractivity contribution < 1.29 is 22.0 Å². The van der Waals surface area contributed by atoms with Crippen molar-refractivity contribution in [2.45, 2.75) is 25.9 Å². The van der Waals surface area contributed by atoms with Gasteiger partial charge < -0.3 is 5.32 Å². The Kier molecular flexibility index (Phi) is 5.53. The first-order chi connectivity index (χ1) is 11.2. The molecule has 2 rings (SSSR count). The van der Waals surface area contributed by atoms with Crippen molar-refractivity contribution in [3.63, 3.8) is 0 Å². The van der Waals surface area contributed by atoms with E-state index in [0.717, 1.165) is 6.07 Å². The summed E-state index contributed by atoms with van der Waals surface area (Å²) in [6.45, 7) is 1.55. The van der Waals surface area contributed by atoms with Crippen LogP contribution < -0.4 is 5.32 Å². The topological polar surface area (TPSA) is 50.7 Å². The van der Waals surface area contributed by atoms with Crippen LogP contribution in [0.25, 0.3) is 0 Å². The summed E-state index contributed by atoms with van der Waals surface area (Å²) in [5.74, 6) is 0.112. The molecule has 2 aromatic heterocycles. The van der Waals surface area contributed by atoms with E-state index >= 15 is 0 Å². The Labute approximate surface area is 139 Å². The fourth-order valence-corrected chi connectivity index (χ4v) is 2.16. The van der Waals surface area contributed by atoms with E-state index in [-0.39, 0.29) is 35.3 Å². The second kappa shape index (κ2) is 7.25. The van der Waals surface area contributed by atoms with Gasteiger partial charge in [-0.25, -0.2) is 23.7 Å². The summed E-state index contributed by atoms with van der Waals surface area (Å²) in [7, 11) is 0. The first-order valence-electron chi connectivity index (χ1n) is 6.77. The van der Waals surface area contributed by atoms with Crippen LogP contribution in [0.2, 0.25) is 5.02 Å². The molecule has 0 saturated heterocycles. The summed E-state index contributed by atoms with van der Waals surface area (Å²) in [6, 6.07) is 3.56. The maximum atomic E-state index is 12.8. The third-order valence-electron chi connectivity index (χ3n) is 2.97. The van der Waals surface area contributed by atoms with Crippen molar-refractivity contribution in [3.8, 4) is 0 Å². The van der Waals surface area contributed by atoms with Gasteiger partial charge in [0, 0.05) is 18.7 Å². The minimum Gasteiger partial charge on any atom is -0.368 e. The smallest absolute Gasteiger partial charge is 0.368 e. The molecule has 1 N–H and O–H groups in total. The van der Waals surface area contributed by atoms with Crippen LogP contribution in [0.5, 0.6) is 0 Å². The molecule has 0 aromatic carbocycles. The summed E-state index contributed by atoms with van der Waals surface area (Å²) in [5.41, 5.74) is -1.38. The number of hydrogen-bond donors (Lipinski definition) is 1. The van der Waals surface area contributed by atoms with Gasteiger partial charge in [-0.05, 0) is 19.1 Å². The van der Waals surface area contributed by atoms with Crippen LogP contribution in [0.1, 0.15) is 29.3 Å². The first kappa shape index (κ1) is 18.3. The van der Waals surface area contributed by atoms with E-state index in [1.54, 1.807) is 0 Å². The zero-order chi connectivity index (χ0) is 17.9. The number of halogens is 6. The minimum atomic E-state index is -4.53. The average molecular weight is 367 g/mol. The van der Waals surface area contributed by atoms with Crippen LogP contribution in [0.4, 0.5) is 27.8 Å². The number of rotatable bonds is 5. The van der Waals surface area contributed by atoms with Gasteiger partial charge >= 0.3 is 6.18 Å². The fraction of sp³-hybridized carbons (Fsp3) is 0.357. The van der Waals surface area contributed by atoms with Gasteiger partial charge in [-0.15, -0.1) is 0 Å². The van der Waals surface area contributed by atoms with Gasteiger partial charge in [0.05, 0.1) is 0 Å². The molecule has 130 valence electrons. The van der Waals surface area contributed by atoms with Crippen LogP contribution in [0.3, 0.4) is 0 Å². The van der Waals surface area contributed by atoms with E-state index in [1.807, 2.05) is 0 Å². The summed E-state index contributed by atoms with van der Waals surface area (Å²) in [6.07, 6.45) is -7.25. The fourth-order valence-electron chi connectivity index (χ4n) is 1.93. The highest BCUT2D eigenvalue weighted by Gasteiger charge is 2.32. The van der Waals surface area contributed by atoms with Crippen molar-refractivity contribution in [1.82, 2.24) is 15.0 Å². The van der Waals surface area contributed by atoms with Gasteiger partial charge in [0.25, 0.3) is 6.43 Å². The minimum absolute atomic E-state index is 0.00597. The standard InChI is InChI=1S/C14H12ClF5N4/c1-7-22-11(12(16)17)10(15)13(23-7)21-6-5-8-3-2-4-9(24-8)14(18,19)20/h2-4,12H,5-6H2,1H3,(H,21,22,23). The summed E-state index contributed by atoms with van der Waals surface area (Å²) < 4.78 is 63.4. The summed E-state index contributed by atoms with van der Waals surface area (Å²) in [4.78, 5) is 11.0. The summed E-state index contributed by atoms with van der Waals surface area (Å²) in [5, 5.41) is 2.41. The van der Waals surface area contributed by atoms with Crippen molar-refractivity contribution in [2.75, 3.05) is 11.9 Å². The quantitative estimate of drug-likeness (QED) is 0.795. The molecule has 0 aliphatic heterocycles. The zero-order valence-electron chi connectivity index (χ0n) is 12.3. The zero-order valence-corrected chi connectivity index (χ0v) is 13.1. The maximum Gasteiger partial charge on any atom is 0.433 e. The summed E-state index contributed by atoms with van der Waals surface area (Å²) >= 11 is 5.81. The highest BCUT2D eigenvalue weighted by atomic mass is 35.5. The number of hydrogen-bond acceptors (Lipinski definition) is 4. The van der Waals surface area contributed by atoms with Gasteiger partial charge in [-0.1, -0.05) is 17.7 Å². The van der Waals surface area contributed by atoms with E-state index in [0.29, 0.717) is 0 Å². The van der Waals surface area contributed by atoms with Gasteiger partial charge in [0.2, 0.25) is 0 Å². The number of anilines is 1. The number of aromatic nitrogens is 3. The second-order valence-corrected chi connectivity index (χ2v) is 5.19. The largest absolute Gasteiger partial charge is 0.433 e. The molecule has 0 fully saturated rings. The lowest BCUT2D eigenvalue weighted by atomic mass is 10.2. The van der Waals surface area contributed by atoms with Gasteiger partial charge in [0.1, 0.15) is 28.1 Å². The second-order valence-electron chi connectivity index (χ2n) is 4.81. The highest BCUT2D eigenvalue weighted by Crippen LogP contribution is 2.30. The maximum absolute atomic E-state index is 12.8. The van der Waals surface area contributed by atoms with Crippen LogP contribution in [-0.4, -0.2) is 21.5 Å². The van der Waals surface area contributed by atoms with Crippen LogP contribution in [-0.2, 0) is 12.6 Å². The molecule has 0 saturated carbocycles. The van der Waals surface area contributed by atoms with Gasteiger partial charge in [-0.3, -0.25) is 0 Å². The number of aryl methyl sites for hydroxylation is 1. The molecular weight excluding hydrogens is 355 g/mol. The van der Waals surface area contributed by atoms with Crippen LogP contribution in [0, 0.1) is 6.92 Å². The predicted octanol–water partition coefficient (Wildman–Crippen LogP) is 4.44. The molecule has 0 bridgehead atoms. The number of alkyl halides is 5. The molecule has 0 aliphatic rings. The third-order valence-corrected chi connectivity index (χ3v) is 3.34. The Hall–Kier alpha value is -2.03. The molecule has 0 aliphatic carbocycles. The average Bonchev–Trinajstić information content (AvgIpc) is 2.49. The lowest BCUT2D eigenvalue weighted by molar-refractivity contribution is -0.141. The number of pyridine rings is 1. The Balaban J connectivity index is 2.08. The lowest BCUT2D eigenvalue weighted by Crippen LogP contribution is -2.13. The van der Waals surface area contributed by atoms with Crippen molar-refractivity contribution in [2.24, 2.45) is 0 Å². The van der Waals surface area contributed by atoms with E-state index < -0.39 is 24.0 Å². The number of nitrogens with one attached hydrogen (secondary N) is 1. The molecule has 10 heteroatoms. The molecule has 0 atom stereocenters. The highest BCUT2D eigenvalue weighted by molar-refractivity contribution is 6.33. The van der Waals surface area contributed by atoms with Crippen molar-refractivity contribution >= 4 is 17.4 Å². The Morgan fingerprint density at radius 2 is 1.88 bits per heavy atom. The molecule has 24 heavy (non-hydrogen) atoms. The van der Waals surface area contributed by atoms with E-state index in [1.165, 1.54) is 19.1 Å². The van der Waals surface area contributed by atoms with Crippen LogP contribution in [0.15, 0.2) is 18.2 Å². The Morgan fingerprint density at radius 3 is 2.50 bits per heavy atom. The Morgan fingerprint density at radius 1 is 1.17 bits per heavy atom. The molecule has 0 unspecified atom stereocenters. The molecule has 4 nitrogen and oxygen atoms in total. The lowest BCUT2D eigenvalue weighted by Gasteiger charge is -2.11. The van der Waals surface area contributed by atoms with Gasteiger partial charge in [-0.2, -0.15) is 13.2 Å². The van der Waals surface area contributed by atoms with Gasteiger partial charge in [0.15, 0.2) is 0 Å². The molecule has 0 radical (unpaired) electrons. The third kappa shape index (κ3) is 4.50. The predicted molar refractivity (Wildman–Crippen MR) is 78.2 cm³/mol. The van der Waals surface area contributed by atoms with Crippen molar-refractivity contribution in [3.05, 3.63) is 46.1 Å². The van der Waals surface area contributed by atoms with E-state index in [4.69, 9.17) is 11.6 Å². The monoisotopic (exact) mass is 366 g/mol.